The van der Waals surface area contributed by atoms with Crippen LogP contribution in [-0.4, -0.2) is 31.9 Å². The van der Waals surface area contributed by atoms with Gasteiger partial charge in [0.2, 0.25) is 0 Å². The molecule has 1 fully saturated rings. The van der Waals surface area contributed by atoms with E-state index in [2.05, 4.69) is 41.5 Å². The molecule has 3 heteroatoms. The van der Waals surface area contributed by atoms with Gasteiger partial charge in [0.05, 0.1) is 0 Å². The average Bonchev–Trinajstić information content (AvgIpc) is 2.72. The molecule has 0 aromatic heterocycles. The first-order valence-electron chi connectivity index (χ1n) is 5.72. The van der Waals surface area contributed by atoms with E-state index in [1.54, 1.807) is 0 Å². The monoisotopic (exact) mass is 226 g/mol. The average molecular weight is 226 g/mol. The Kier molecular flexibility index (Phi) is 6.81. The molecule has 1 saturated heterocycles. The molecule has 0 aromatic rings. The highest BCUT2D eigenvalue weighted by Crippen LogP contribution is 2.07. The Morgan fingerprint density at radius 3 is 2.80 bits per heavy atom. The molecule has 0 saturated carbocycles. The molecule has 2 nitrogen and oxygen atoms in total. The van der Waals surface area contributed by atoms with E-state index in [9.17, 15) is 0 Å². The third-order valence-electron chi connectivity index (χ3n) is 2.49. The fourth-order valence-corrected chi connectivity index (χ4v) is 1.90. The van der Waals surface area contributed by atoms with Crippen molar-refractivity contribution in [3.05, 3.63) is 23.8 Å². The Balaban J connectivity index is 0.000000162. The summed E-state index contributed by atoms with van der Waals surface area (Å²) >= 11 is 4.23. The topological polar surface area (TPSA) is 24.1 Å². The van der Waals surface area contributed by atoms with Crippen LogP contribution in [0.3, 0.4) is 0 Å². The summed E-state index contributed by atoms with van der Waals surface area (Å²) in [4.78, 5) is 0. The summed E-state index contributed by atoms with van der Waals surface area (Å²) in [5.74, 6) is 0. The molecule has 1 aliphatic carbocycles. The van der Waals surface area contributed by atoms with Gasteiger partial charge in [0.25, 0.3) is 0 Å². The number of rotatable bonds is 2. The highest BCUT2D eigenvalue weighted by molar-refractivity contribution is 7.81. The Labute approximate surface area is 98.6 Å². The standard InChI is InChI=1S/C8H13N.C4H9NS/c1-9-7-8-5-3-2-4-6-8;6-4-1-2-5-3-4/h3,5-6,9H,2,4,7H2,1H3;4-6H,1-3H2/t;4-/m.0/s1. The van der Waals surface area contributed by atoms with Gasteiger partial charge in [0.15, 0.2) is 0 Å². The Morgan fingerprint density at radius 2 is 2.40 bits per heavy atom. The van der Waals surface area contributed by atoms with E-state index >= 15 is 0 Å². The molecule has 2 N–H and O–H groups in total. The molecule has 15 heavy (non-hydrogen) atoms. The first-order chi connectivity index (χ1) is 7.33. The van der Waals surface area contributed by atoms with E-state index in [4.69, 9.17) is 0 Å². The van der Waals surface area contributed by atoms with Gasteiger partial charge in [-0.05, 0) is 38.4 Å². The molecule has 0 aromatic carbocycles. The van der Waals surface area contributed by atoms with E-state index in [-0.39, 0.29) is 0 Å². The van der Waals surface area contributed by atoms with Gasteiger partial charge < -0.3 is 10.6 Å². The van der Waals surface area contributed by atoms with Crippen LogP contribution in [-0.2, 0) is 0 Å². The Morgan fingerprint density at radius 1 is 1.53 bits per heavy atom. The molecule has 86 valence electrons. The smallest absolute Gasteiger partial charge is 0.0199 e. The van der Waals surface area contributed by atoms with Crippen LogP contribution in [0, 0.1) is 0 Å². The lowest BCUT2D eigenvalue weighted by Gasteiger charge is -2.04. The van der Waals surface area contributed by atoms with Gasteiger partial charge in [-0.1, -0.05) is 18.2 Å². The second-order valence-corrected chi connectivity index (χ2v) is 4.67. The zero-order valence-corrected chi connectivity index (χ0v) is 10.4. The SMILES string of the molecule is CNCC1=CCCC=C1.S[C@H]1CCNC1. The van der Waals surface area contributed by atoms with Crippen LogP contribution in [0.2, 0.25) is 0 Å². The van der Waals surface area contributed by atoms with Crippen molar-refractivity contribution in [3.63, 3.8) is 0 Å². The summed E-state index contributed by atoms with van der Waals surface area (Å²) < 4.78 is 0. The molecule has 1 atom stereocenters. The van der Waals surface area contributed by atoms with E-state index < -0.39 is 0 Å². The number of likely N-dealkylation sites (N-methyl/N-ethyl adjacent to an activating group) is 1. The van der Waals surface area contributed by atoms with Gasteiger partial charge in [-0.2, -0.15) is 12.6 Å². The molecule has 0 unspecified atom stereocenters. The summed E-state index contributed by atoms with van der Waals surface area (Å²) in [7, 11) is 1.98. The lowest BCUT2D eigenvalue weighted by atomic mass is 10.1. The van der Waals surface area contributed by atoms with Crippen molar-refractivity contribution in [2.75, 3.05) is 26.7 Å². The predicted molar refractivity (Wildman–Crippen MR) is 70.6 cm³/mol. The second-order valence-electron chi connectivity index (χ2n) is 3.94. The Hall–Kier alpha value is -0.250. The first-order valence-corrected chi connectivity index (χ1v) is 6.23. The number of nitrogens with one attached hydrogen (secondary N) is 2. The number of thiol groups is 1. The van der Waals surface area contributed by atoms with Crippen LogP contribution in [0.5, 0.6) is 0 Å². The van der Waals surface area contributed by atoms with E-state index in [0.717, 1.165) is 19.6 Å². The molecule has 0 radical (unpaired) electrons. The minimum atomic E-state index is 0.630. The maximum atomic E-state index is 4.23. The molecule has 1 heterocycles. The summed E-state index contributed by atoms with van der Waals surface area (Å²) in [6.45, 7) is 3.27. The van der Waals surface area contributed by atoms with Crippen LogP contribution in [0.25, 0.3) is 0 Å². The fraction of sp³-hybridized carbons (Fsp3) is 0.667. The largest absolute Gasteiger partial charge is 0.316 e. The molecule has 0 spiro atoms. The van der Waals surface area contributed by atoms with Crippen LogP contribution in [0.15, 0.2) is 23.8 Å². The molecule has 2 aliphatic rings. The van der Waals surface area contributed by atoms with Crippen molar-refractivity contribution in [2.45, 2.75) is 24.5 Å². The van der Waals surface area contributed by atoms with Crippen molar-refractivity contribution >= 4 is 12.6 Å². The molecular weight excluding hydrogens is 204 g/mol. The predicted octanol–water partition coefficient (Wildman–Crippen LogP) is 1.76. The first kappa shape index (κ1) is 12.8. The van der Waals surface area contributed by atoms with Crippen LogP contribution in [0.1, 0.15) is 19.3 Å². The van der Waals surface area contributed by atoms with E-state index in [1.807, 2.05) is 7.05 Å². The normalized spacial score (nSPS) is 24.4. The Bertz CT molecular complexity index is 218. The minimum Gasteiger partial charge on any atom is -0.316 e. The van der Waals surface area contributed by atoms with Crippen LogP contribution >= 0.6 is 12.6 Å². The van der Waals surface area contributed by atoms with Crippen molar-refractivity contribution in [3.8, 4) is 0 Å². The maximum absolute atomic E-state index is 4.23. The van der Waals surface area contributed by atoms with E-state index in [1.165, 1.54) is 24.8 Å². The number of hydrogen-bond acceptors (Lipinski definition) is 3. The molecule has 2 rings (SSSR count). The highest BCUT2D eigenvalue weighted by Gasteiger charge is 2.07. The summed E-state index contributed by atoms with van der Waals surface area (Å²) in [5.41, 5.74) is 1.42. The fourth-order valence-electron chi connectivity index (χ4n) is 1.64. The van der Waals surface area contributed by atoms with Gasteiger partial charge >= 0.3 is 0 Å². The quantitative estimate of drug-likeness (QED) is 0.625. The third kappa shape index (κ3) is 6.03. The van der Waals surface area contributed by atoms with E-state index in [0.29, 0.717) is 5.25 Å². The lowest BCUT2D eigenvalue weighted by Crippen LogP contribution is -2.09. The zero-order chi connectivity index (χ0) is 10.9. The van der Waals surface area contributed by atoms with Crippen LogP contribution in [0.4, 0.5) is 0 Å². The minimum absolute atomic E-state index is 0.630. The number of hydrogen-bond donors (Lipinski definition) is 3. The summed E-state index contributed by atoms with van der Waals surface area (Å²) in [6.07, 6.45) is 10.4. The van der Waals surface area contributed by atoms with Gasteiger partial charge in [-0.3, -0.25) is 0 Å². The maximum Gasteiger partial charge on any atom is 0.0199 e. The number of allylic oxidation sites excluding steroid dienone is 2. The zero-order valence-electron chi connectivity index (χ0n) is 9.50. The van der Waals surface area contributed by atoms with Crippen molar-refractivity contribution in [1.82, 2.24) is 10.6 Å². The van der Waals surface area contributed by atoms with Crippen molar-refractivity contribution in [1.29, 1.82) is 0 Å². The van der Waals surface area contributed by atoms with Crippen LogP contribution < -0.4 is 10.6 Å². The molecular formula is C12H22N2S. The van der Waals surface area contributed by atoms with Gasteiger partial charge in [0, 0.05) is 18.3 Å². The van der Waals surface area contributed by atoms with Gasteiger partial charge in [-0.25, -0.2) is 0 Å². The summed E-state index contributed by atoms with van der Waals surface area (Å²) in [6, 6.07) is 0. The van der Waals surface area contributed by atoms with Crippen molar-refractivity contribution < 1.29 is 0 Å². The van der Waals surface area contributed by atoms with Gasteiger partial charge in [0.1, 0.15) is 0 Å². The highest BCUT2D eigenvalue weighted by atomic mass is 32.1. The summed E-state index contributed by atoms with van der Waals surface area (Å²) in [5, 5.41) is 6.94. The molecule has 0 amide bonds. The van der Waals surface area contributed by atoms with Gasteiger partial charge in [-0.15, -0.1) is 0 Å². The molecule has 1 aliphatic heterocycles. The second kappa shape index (κ2) is 7.97. The lowest BCUT2D eigenvalue weighted by molar-refractivity contribution is 0.859. The molecule has 0 bridgehead atoms. The van der Waals surface area contributed by atoms with Crippen molar-refractivity contribution in [2.24, 2.45) is 0 Å². The third-order valence-corrected chi connectivity index (χ3v) is 2.93.